The van der Waals surface area contributed by atoms with E-state index in [-0.39, 0.29) is 12.0 Å². The van der Waals surface area contributed by atoms with Gasteiger partial charge in [-0.25, -0.2) is 9.59 Å². The maximum atomic E-state index is 12.7. The highest BCUT2D eigenvalue weighted by molar-refractivity contribution is 5.95. The van der Waals surface area contributed by atoms with E-state index in [0.29, 0.717) is 18.7 Å². The lowest BCUT2D eigenvalue weighted by Gasteiger charge is -2.36. The Morgan fingerprint density at radius 3 is 2.56 bits per heavy atom. The monoisotopic (exact) mass is 343 g/mol. The number of rotatable bonds is 5. The average Bonchev–Trinajstić information content (AvgIpc) is 3.13. The Morgan fingerprint density at radius 1 is 1.24 bits per heavy atom. The third-order valence-electron chi connectivity index (χ3n) is 4.78. The number of hydrogen-bond acceptors (Lipinski definition) is 4. The van der Waals surface area contributed by atoms with E-state index >= 15 is 0 Å². The molecule has 2 amide bonds. The van der Waals surface area contributed by atoms with Gasteiger partial charge in [-0.15, -0.1) is 0 Å². The molecular formula is C19H25N3O3. The zero-order valence-electron chi connectivity index (χ0n) is 14.8. The van der Waals surface area contributed by atoms with Crippen molar-refractivity contribution in [1.29, 1.82) is 0 Å². The lowest BCUT2D eigenvalue weighted by atomic mass is 9.94. The number of carbonyl (C=O) groups excluding carboxylic acids is 2. The first-order valence-electron chi connectivity index (χ1n) is 8.83. The molecule has 2 aliphatic rings. The summed E-state index contributed by atoms with van der Waals surface area (Å²) in [6, 6.07) is 8.88. The number of ether oxygens (including phenoxy) is 1. The molecular weight excluding hydrogens is 318 g/mol. The number of nitrogens with zero attached hydrogens (tertiary/aromatic N) is 2. The summed E-state index contributed by atoms with van der Waals surface area (Å²) >= 11 is 0. The molecule has 1 saturated heterocycles. The van der Waals surface area contributed by atoms with Gasteiger partial charge in [0.05, 0.1) is 18.2 Å². The SMILES string of the molecule is CCOC(=O)C1=C(CN2CCCC2)N(C)C(=O)NC1c1ccccc1. The highest BCUT2D eigenvalue weighted by atomic mass is 16.5. The number of hydrogen-bond donors (Lipinski definition) is 1. The summed E-state index contributed by atoms with van der Waals surface area (Å²) in [7, 11) is 1.71. The minimum absolute atomic E-state index is 0.198. The summed E-state index contributed by atoms with van der Waals surface area (Å²) in [5.41, 5.74) is 2.14. The number of carbonyl (C=O) groups is 2. The van der Waals surface area contributed by atoms with Gasteiger partial charge in [-0.1, -0.05) is 30.3 Å². The van der Waals surface area contributed by atoms with Gasteiger partial charge in [0, 0.05) is 19.3 Å². The second-order valence-corrected chi connectivity index (χ2v) is 6.42. The quantitative estimate of drug-likeness (QED) is 0.834. The summed E-state index contributed by atoms with van der Waals surface area (Å²) < 4.78 is 5.32. The van der Waals surface area contributed by atoms with Crippen LogP contribution >= 0.6 is 0 Å². The van der Waals surface area contributed by atoms with Crippen LogP contribution < -0.4 is 5.32 Å². The number of likely N-dealkylation sites (tertiary alicyclic amines) is 1. The van der Waals surface area contributed by atoms with Crippen LogP contribution in [0, 0.1) is 0 Å². The lowest BCUT2D eigenvalue weighted by molar-refractivity contribution is -0.139. The van der Waals surface area contributed by atoms with Gasteiger partial charge in [0.1, 0.15) is 0 Å². The van der Waals surface area contributed by atoms with Crippen molar-refractivity contribution in [3.8, 4) is 0 Å². The van der Waals surface area contributed by atoms with Crippen molar-refractivity contribution in [2.75, 3.05) is 33.3 Å². The van der Waals surface area contributed by atoms with E-state index < -0.39 is 6.04 Å². The summed E-state index contributed by atoms with van der Waals surface area (Å²) in [6.45, 7) is 4.66. The molecule has 6 nitrogen and oxygen atoms in total. The van der Waals surface area contributed by atoms with E-state index in [4.69, 9.17) is 4.74 Å². The number of nitrogens with one attached hydrogen (secondary N) is 1. The predicted molar refractivity (Wildman–Crippen MR) is 94.8 cm³/mol. The Balaban J connectivity index is 2.04. The van der Waals surface area contributed by atoms with Crippen LogP contribution in [0.1, 0.15) is 31.4 Å². The molecule has 2 aliphatic heterocycles. The Bertz CT molecular complexity index is 666. The number of urea groups is 1. The molecule has 3 rings (SSSR count). The van der Waals surface area contributed by atoms with Crippen LogP contribution in [0.2, 0.25) is 0 Å². The minimum atomic E-state index is -0.485. The van der Waals surface area contributed by atoms with Crippen molar-refractivity contribution in [2.45, 2.75) is 25.8 Å². The average molecular weight is 343 g/mol. The second kappa shape index (κ2) is 7.70. The van der Waals surface area contributed by atoms with E-state index in [9.17, 15) is 9.59 Å². The van der Waals surface area contributed by atoms with E-state index in [2.05, 4.69) is 10.2 Å². The third kappa shape index (κ3) is 3.69. The van der Waals surface area contributed by atoms with Crippen LogP contribution in [-0.2, 0) is 9.53 Å². The van der Waals surface area contributed by atoms with Crippen LogP contribution in [-0.4, -0.2) is 55.1 Å². The predicted octanol–water partition coefficient (Wildman–Crippen LogP) is 2.30. The standard InChI is InChI=1S/C19H25N3O3/c1-3-25-18(23)16-15(13-22-11-7-8-12-22)21(2)19(24)20-17(16)14-9-5-4-6-10-14/h4-6,9-10,17H,3,7-8,11-13H2,1-2H3,(H,20,24). The smallest absolute Gasteiger partial charge is 0.338 e. The number of amides is 2. The zero-order valence-corrected chi connectivity index (χ0v) is 14.8. The maximum Gasteiger partial charge on any atom is 0.338 e. The van der Waals surface area contributed by atoms with Crippen molar-refractivity contribution in [1.82, 2.24) is 15.1 Å². The van der Waals surface area contributed by atoms with Crippen molar-refractivity contribution in [3.05, 3.63) is 47.2 Å². The van der Waals surface area contributed by atoms with Crippen molar-refractivity contribution in [2.24, 2.45) is 0 Å². The molecule has 6 heteroatoms. The fraction of sp³-hybridized carbons (Fsp3) is 0.474. The molecule has 25 heavy (non-hydrogen) atoms. The molecule has 2 heterocycles. The molecule has 0 aromatic heterocycles. The zero-order chi connectivity index (χ0) is 17.8. The topological polar surface area (TPSA) is 61.9 Å². The van der Waals surface area contributed by atoms with E-state index in [1.54, 1.807) is 18.9 Å². The molecule has 1 aromatic rings. The van der Waals surface area contributed by atoms with Crippen molar-refractivity contribution in [3.63, 3.8) is 0 Å². The van der Waals surface area contributed by atoms with Crippen LogP contribution in [0.15, 0.2) is 41.6 Å². The van der Waals surface area contributed by atoms with Gasteiger partial charge >= 0.3 is 12.0 Å². The maximum absolute atomic E-state index is 12.7. The summed E-state index contributed by atoms with van der Waals surface area (Å²) in [6.07, 6.45) is 2.31. The van der Waals surface area contributed by atoms with Crippen LogP contribution in [0.4, 0.5) is 4.79 Å². The summed E-state index contributed by atoms with van der Waals surface area (Å²) in [5, 5.41) is 2.94. The Labute approximate surface area is 148 Å². The molecule has 0 bridgehead atoms. The van der Waals surface area contributed by atoms with Gasteiger partial charge in [0.2, 0.25) is 0 Å². The fourth-order valence-electron chi connectivity index (χ4n) is 3.45. The number of esters is 1. The number of likely N-dealkylation sites (N-methyl/N-ethyl adjacent to an activating group) is 1. The van der Waals surface area contributed by atoms with E-state index in [1.807, 2.05) is 30.3 Å². The molecule has 1 unspecified atom stereocenters. The highest BCUT2D eigenvalue weighted by Gasteiger charge is 2.37. The molecule has 1 fully saturated rings. The minimum Gasteiger partial charge on any atom is -0.463 e. The second-order valence-electron chi connectivity index (χ2n) is 6.42. The number of benzene rings is 1. The molecule has 0 spiro atoms. The lowest BCUT2D eigenvalue weighted by Crippen LogP contribution is -2.49. The van der Waals surface area contributed by atoms with Crippen LogP contribution in [0.3, 0.4) is 0 Å². The highest BCUT2D eigenvalue weighted by Crippen LogP contribution is 2.31. The normalized spacial score (nSPS) is 21.4. The molecule has 0 radical (unpaired) electrons. The Morgan fingerprint density at radius 2 is 1.92 bits per heavy atom. The Hall–Kier alpha value is -2.34. The molecule has 1 aromatic carbocycles. The van der Waals surface area contributed by atoms with Crippen LogP contribution in [0.5, 0.6) is 0 Å². The molecule has 0 saturated carbocycles. The fourth-order valence-corrected chi connectivity index (χ4v) is 3.45. The third-order valence-corrected chi connectivity index (χ3v) is 4.78. The van der Waals surface area contributed by atoms with Crippen molar-refractivity contribution < 1.29 is 14.3 Å². The molecule has 1 atom stereocenters. The molecule has 134 valence electrons. The first-order valence-corrected chi connectivity index (χ1v) is 8.83. The van der Waals surface area contributed by atoms with Gasteiger partial charge < -0.3 is 10.1 Å². The van der Waals surface area contributed by atoms with Crippen LogP contribution in [0.25, 0.3) is 0 Å². The summed E-state index contributed by atoms with van der Waals surface area (Å²) in [4.78, 5) is 29.1. The van der Waals surface area contributed by atoms with Gasteiger partial charge in [-0.3, -0.25) is 9.80 Å². The first kappa shape index (κ1) is 17.5. The van der Waals surface area contributed by atoms with Gasteiger partial charge in [-0.2, -0.15) is 0 Å². The summed E-state index contributed by atoms with van der Waals surface area (Å²) in [5.74, 6) is -0.364. The largest absolute Gasteiger partial charge is 0.463 e. The van der Waals surface area contributed by atoms with Gasteiger partial charge in [-0.05, 0) is 38.4 Å². The first-order chi connectivity index (χ1) is 12.1. The van der Waals surface area contributed by atoms with Crippen molar-refractivity contribution >= 4 is 12.0 Å². The van der Waals surface area contributed by atoms with E-state index in [0.717, 1.165) is 37.2 Å². The molecule has 0 aliphatic carbocycles. The van der Waals surface area contributed by atoms with Gasteiger partial charge in [0.25, 0.3) is 0 Å². The molecule has 1 N–H and O–H groups in total. The van der Waals surface area contributed by atoms with E-state index in [1.165, 1.54) is 0 Å². The Kier molecular flexibility index (Phi) is 5.38. The van der Waals surface area contributed by atoms with Gasteiger partial charge in [0.15, 0.2) is 0 Å².